The van der Waals surface area contributed by atoms with E-state index < -0.39 is 4.75 Å². The Kier molecular flexibility index (Phi) is 4.12. The van der Waals surface area contributed by atoms with Crippen LogP contribution in [0.15, 0.2) is 58.3 Å². The van der Waals surface area contributed by atoms with E-state index in [4.69, 9.17) is 4.42 Å². The van der Waals surface area contributed by atoms with Crippen molar-refractivity contribution in [1.29, 1.82) is 0 Å². The predicted molar refractivity (Wildman–Crippen MR) is 96.9 cm³/mol. The zero-order valence-corrected chi connectivity index (χ0v) is 14.8. The lowest BCUT2D eigenvalue weighted by molar-refractivity contribution is -0.116. The summed E-state index contributed by atoms with van der Waals surface area (Å²) in [6, 6.07) is 12.7. The maximum absolute atomic E-state index is 12.7. The first-order chi connectivity index (χ1) is 12.6. The Morgan fingerprint density at radius 1 is 1.15 bits per heavy atom. The highest BCUT2D eigenvalue weighted by atomic mass is 32.2. The Labute approximate surface area is 153 Å². The third kappa shape index (κ3) is 3.03. The van der Waals surface area contributed by atoms with Crippen molar-refractivity contribution in [3.63, 3.8) is 0 Å². The molecule has 4 rings (SSSR count). The first kappa shape index (κ1) is 16.6. The molecule has 3 aromatic rings. The molecule has 1 amide bonds. The first-order valence-corrected chi connectivity index (χ1v) is 8.96. The van der Waals surface area contributed by atoms with Crippen LogP contribution in [-0.2, 0) is 4.79 Å². The fraction of sp³-hybridized carbons (Fsp3) is 0.222. The molecule has 1 aliphatic rings. The van der Waals surface area contributed by atoms with Gasteiger partial charge in [-0.05, 0) is 37.1 Å². The molecule has 0 unspecified atom stereocenters. The number of furan rings is 1. The van der Waals surface area contributed by atoms with Gasteiger partial charge in [-0.15, -0.1) is 10.2 Å². The molecule has 26 heavy (non-hydrogen) atoms. The lowest BCUT2D eigenvalue weighted by Gasteiger charge is -2.14. The zero-order valence-electron chi connectivity index (χ0n) is 14.0. The Morgan fingerprint density at radius 3 is 2.54 bits per heavy atom. The number of hydrogen-bond donors (Lipinski definition) is 1. The fourth-order valence-corrected chi connectivity index (χ4v) is 3.80. The number of nitrogens with one attached hydrogen (secondary N) is 1. The molecule has 1 aliphatic carbocycles. The number of anilines is 1. The molecule has 0 radical (unpaired) electrons. The molecule has 1 saturated carbocycles. The fourth-order valence-electron chi connectivity index (χ4n) is 2.62. The molecule has 1 fully saturated rings. The number of carbonyl (C=O) groups excluding carboxylic acids is 2. The smallest absolute Gasteiger partial charge is 0.241 e. The summed E-state index contributed by atoms with van der Waals surface area (Å²) in [7, 11) is 0. The molecule has 8 heteroatoms. The summed E-state index contributed by atoms with van der Waals surface area (Å²) in [4.78, 5) is 24.9. The van der Waals surface area contributed by atoms with Crippen LogP contribution in [-0.4, -0.2) is 31.3 Å². The van der Waals surface area contributed by atoms with Crippen molar-refractivity contribution in [3.8, 4) is 11.6 Å². The van der Waals surface area contributed by atoms with Crippen molar-refractivity contribution in [2.24, 2.45) is 0 Å². The number of para-hydroxylation sites is 1. The monoisotopic (exact) mass is 368 g/mol. The standard InChI is InChI=1S/C18H16N4O3S/c1-12(23)22-15(14-8-5-11-25-14)20-21-17(22)26-18(9-10-18)16(24)19-13-6-3-2-4-7-13/h2-8,11H,9-10H2,1H3,(H,19,24). The van der Waals surface area contributed by atoms with Crippen LogP contribution in [0, 0.1) is 0 Å². The molecule has 1 N–H and O–H groups in total. The highest BCUT2D eigenvalue weighted by molar-refractivity contribution is 8.01. The summed E-state index contributed by atoms with van der Waals surface area (Å²) in [5.41, 5.74) is 0.744. The average molecular weight is 368 g/mol. The van der Waals surface area contributed by atoms with Gasteiger partial charge >= 0.3 is 0 Å². The van der Waals surface area contributed by atoms with Crippen molar-refractivity contribution < 1.29 is 14.0 Å². The second-order valence-corrected chi connectivity index (χ2v) is 7.41. The van der Waals surface area contributed by atoms with E-state index >= 15 is 0 Å². The molecule has 2 heterocycles. The van der Waals surface area contributed by atoms with Gasteiger partial charge in [-0.1, -0.05) is 30.0 Å². The highest BCUT2D eigenvalue weighted by Gasteiger charge is 2.52. The largest absolute Gasteiger partial charge is 0.461 e. The molecule has 2 aromatic heterocycles. The Balaban J connectivity index is 1.59. The quantitative estimate of drug-likeness (QED) is 0.742. The van der Waals surface area contributed by atoms with E-state index in [-0.39, 0.29) is 11.8 Å². The summed E-state index contributed by atoms with van der Waals surface area (Å²) in [5, 5.41) is 11.5. The molecular weight excluding hydrogens is 352 g/mol. The van der Waals surface area contributed by atoms with E-state index in [1.54, 1.807) is 12.1 Å². The van der Waals surface area contributed by atoms with Gasteiger partial charge in [0.25, 0.3) is 0 Å². The molecule has 0 atom stereocenters. The topological polar surface area (TPSA) is 90.0 Å². The van der Waals surface area contributed by atoms with E-state index in [0.717, 1.165) is 18.5 Å². The van der Waals surface area contributed by atoms with Gasteiger partial charge < -0.3 is 9.73 Å². The van der Waals surface area contributed by atoms with Crippen molar-refractivity contribution in [2.75, 3.05) is 5.32 Å². The van der Waals surface area contributed by atoms with Crippen molar-refractivity contribution in [2.45, 2.75) is 29.7 Å². The maximum Gasteiger partial charge on any atom is 0.241 e. The van der Waals surface area contributed by atoms with Crippen LogP contribution in [0.4, 0.5) is 5.69 Å². The Bertz CT molecular complexity index is 946. The molecule has 132 valence electrons. The van der Waals surface area contributed by atoms with Gasteiger partial charge in [-0.2, -0.15) is 0 Å². The number of rotatable bonds is 5. The number of hydrogen-bond acceptors (Lipinski definition) is 6. The van der Waals surface area contributed by atoms with Crippen LogP contribution < -0.4 is 5.32 Å². The summed E-state index contributed by atoms with van der Waals surface area (Å²) in [5.74, 6) is 0.469. The van der Waals surface area contributed by atoms with Crippen LogP contribution in [0.1, 0.15) is 24.6 Å². The Hall–Kier alpha value is -2.87. The normalized spacial score (nSPS) is 14.8. The minimum atomic E-state index is -0.628. The molecule has 0 aliphatic heterocycles. The molecule has 0 spiro atoms. The van der Waals surface area contributed by atoms with Gasteiger partial charge in [0.05, 0.1) is 6.26 Å². The molecule has 0 saturated heterocycles. The second kappa shape index (κ2) is 6.45. The Morgan fingerprint density at radius 2 is 1.92 bits per heavy atom. The highest BCUT2D eigenvalue weighted by Crippen LogP contribution is 2.52. The minimum Gasteiger partial charge on any atom is -0.461 e. The van der Waals surface area contributed by atoms with Gasteiger partial charge in [-0.3, -0.25) is 9.59 Å². The van der Waals surface area contributed by atoms with E-state index in [1.807, 2.05) is 30.3 Å². The van der Waals surface area contributed by atoms with Crippen LogP contribution in [0.2, 0.25) is 0 Å². The summed E-state index contributed by atoms with van der Waals surface area (Å²) in [6.07, 6.45) is 2.95. The van der Waals surface area contributed by atoms with Gasteiger partial charge in [0, 0.05) is 12.6 Å². The number of benzene rings is 1. The third-order valence-corrected chi connectivity index (χ3v) is 5.56. The van der Waals surface area contributed by atoms with Crippen molar-refractivity contribution >= 4 is 29.3 Å². The SMILES string of the molecule is CC(=O)n1c(SC2(C(=O)Nc3ccccc3)CC2)nnc1-c1ccco1. The van der Waals surface area contributed by atoms with E-state index in [1.165, 1.54) is 29.5 Å². The van der Waals surface area contributed by atoms with Crippen LogP contribution in [0.25, 0.3) is 11.6 Å². The predicted octanol–water partition coefficient (Wildman–Crippen LogP) is 3.46. The zero-order chi connectivity index (χ0) is 18.1. The van der Waals surface area contributed by atoms with Gasteiger partial charge in [-0.25, -0.2) is 4.57 Å². The van der Waals surface area contributed by atoms with E-state index in [2.05, 4.69) is 15.5 Å². The maximum atomic E-state index is 12.7. The molecule has 1 aromatic carbocycles. The number of thioether (sulfide) groups is 1. The van der Waals surface area contributed by atoms with Crippen LogP contribution in [0.3, 0.4) is 0 Å². The number of carbonyl (C=O) groups is 2. The van der Waals surface area contributed by atoms with Crippen molar-refractivity contribution in [3.05, 3.63) is 48.7 Å². The van der Waals surface area contributed by atoms with Crippen molar-refractivity contribution in [1.82, 2.24) is 14.8 Å². The van der Waals surface area contributed by atoms with Gasteiger partial charge in [0.15, 0.2) is 10.9 Å². The van der Waals surface area contributed by atoms with Crippen LogP contribution in [0.5, 0.6) is 0 Å². The van der Waals surface area contributed by atoms with E-state index in [0.29, 0.717) is 16.7 Å². The van der Waals surface area contributed by atoms with Gasteiger partial charge in [0.1, 0.15) is 4.75 Å². The summed E-state index contributed by atoms with van der Waals surface area (Å²) < 4.78 is 6.09. The van der Waals surface area contributed by atoms with Gasteiger partial charge in [0.2, 0.25) is 17.6 Å². The summed E-state index contributed by atoms with van der Waals surface area (Å²) >= 11 is 1.27. The second-order valence-electron chi connectivity index (χ2n) is 6.05. The average Bonchev–Trinajstić information content (AvgIpc) is 3.05. The lowest BCUT2D eigenvalue weighted by atomic mass is 10.3. The number of nitrogens with zero attached hydrogens (tertiary/aromatic N) is 3. The minimum absolute atomic E-state index is 0.0913. The molecule has 0 bridgehead atoms. The summed E-state index contributed by atoms with van der Waals surface area (Å²) in [6.45, 7) is 1.43. The number of amides is 1. The number of aromatic nitrogens is 3. The third-order valence-electron chi connectivity index (χ3n) is 4.13. The molecular formula is C18H16N4O3S. The van der Waals surface area contributed by atoms with E-state index in [9.17, 15) is 9.59 Å². The molecule has 7 nitrogen and oxygen atoms in total. The van der Waals surface area contributed by atoms with Crippen LogP contribution >= 0.6 is 11.8 Å². The first-order valence-electron chi connectivity index (χ1n) is 8.15. The lowest BCUT2D eigenvalue weighted by Crippen LogP contribution is -2.27.